The first-order chi connectivity index (χ1) is 11.7. The number of amides is 1. The van der Waals surface area contributed by atoms with Gasteiger partial charge in [-0.2, -0.15) is 0 Å². The van der Waals surface area contributed by atoms with Crippen LogP contribution in [0.2, 0.25) is 0 Å². The molecular weight excluding hydrogens is 343 g/mol. The number of alkyl halides is 3. The molecule has 0 radical (unpaired) electrons. The summed E-state index contributed by atoms with van der Waals surface area (Å²) in [5.41, 5.74) is -0.942. The van der Waals surface area contributed by atoms with Crippen LogP contribution in [0.15, 0.2) is 24.3 Å². The number of hydrogen-bond acceptors (Lipinski definition) is 4. The third kappa shape index (κ3) is 3.41. The topological polar surface area (TPSA) is 76.1 Å². The van der Waals surface area contributed by atoms with E-state index in [0.717, 1.165) is 12.1 Å². The lowest BCUT2D eigenvalue weighted by atomic mass is 9.76. The fourth-order valence-corrected chi connectivity index (χ4v) is 3.43. The zero-order chi connectivity index (χ0) is 18.2. The first-order valence-corrected chi connectivity index (χ1v) is 7.67. The third-order valence-corrected chi connectivity index (χ3v) is 4.71. The highest BCUT2D eigenvalue weighted by molar-refractivity contribution is 5.95. The highest BCUT2D eigenvalue weighted by atomic mass is 19.4. The van der Waals surface area contributed by atoms with Gasteiger partial charge in [-0.25, -0.2) is 0 Å². The van der Waals surface area contributed by atoms with Crippen LogP contribution >= 0.6 is 0 Å². The van der Waals surface area contributed by atoms with Crippen molar-refractivity contribution in [3.8, 4) is 5.75 Å². The molecule has 2 atom stereocenters. The van der Waals surface area contributed by atoms with Crippen LogP contribution in [-0.2, 0) is 9.53 Å². The van der Waals surface area contributed by atoms with Gasteiger partial charge in [0.05, 0.1) is 6.61 Å². The number of carbonyl (C=O) groups excluding carboxylic acids is 1. The summed E-state index contributed by atoms with van der Waals surface area (Å²) in [5, 5.41) is 9.57. The maximum Gasteiger partial charge on any atom is 0.573 e. The molecule has 0 unspecified atom stereocenters. The van der Waals surface area contributed by atoms with Crippen molar-refractivity contribution in [1.82, 2.24) is 4.90 Å². The molecule has 9 heteroatoms. The van der Waals surface area contributed by atoms with E-state index in [2.05, 4.69) is 4.74 Å². The first-order valence-electron chi connectivity index (χ1n) is 7.67. The van der Waals surface area contributed by atoms with Crippen LogP contribution in [-0.4, -0.2) is 54.5 Å². The van der Waals surface area contributed by atoms with Gasteiger partial charge in [-0.15, -0.1) is 13.2 Å². The first kappa shape index (κ1) is 17.5. The average Bonchev–Trinajstić information content (AvgIpc) is 2.94. The van der Waals surface area contributed by atoms with Gasteiger partial charge in [-0.05, 0) is 36.6 Å². The number of carboxylic acids is 1. The third-order valence-electron chi connectivity index (χ3n) is 4.71. The van der Waals surface area contributed by atoms with Crippen molar-refractivity contribution >= 4 is 11.9 Å². The number of hydrogen-bond donors (Lipinski definition) is 1. The molecule has 1 N–H and O–H groups in total. The van der Waals surface area contributed by atoms with Gasteiger partial charge in [-0.3, -0.25) is 9.59 Å². The minimum absolute atomic E-state index is 0.0205. The maximum atomic E-state index is 12.6. The van der Waals surface area contributed by atoms with E-state index in [1.807, 2.05) is 0 Å². The molecule has 0 bridgehead atoms. The second-order valence-corrected chi connectivity index (χ2v) is 6.26. The van der Waals surface area contributed by atoms with E-state index < -0.39 is 29.4 Å². The second-order valence-electron chi connectivity index (χ2n) is 6.26. The van der Waals surface area contributed by atoms with Gasteiger partial charge in [0.15, 0.2) is 0 Å². The number of nitrogens with zero attached hydrogens (tertiary/aromatic N) is 1. The molecule has 1 aromatic rings. The minimum atomic E-state index is -4.80. The lowest BCUT2D eigenvalue weighted by molar-refractivity contribution is -0.274. The van der Waals surface area contributed by atoms with Crippen molar-refractivity contribution in [1.29, 1.82) is 0 Å². The molecule has 2 heterocycles. The summed E-state index contributed by atoms with van der Waals surface area (Å²) in [6, 6.07) is 4.57. The monoisotopic (exact) mass is 359 g/mol. The molecule has 2 saturated heterocycles. The van der Waals surface area contributed by atoms with Crippen molar-refractivity contribution in [2.45, 2.75) is 12.8 Å². The Balaban J connectivity index is 1.74. The second kappa shape index (κ2) is 6.21. The smallest absolute Gasteiger partial charge is 0.481 e. The highest BCUT2D eigenvalue weighted by Crippen LogP contribution is 2.42. The Labute approximate surface area is 141 Å². The standard InChI is InChI=1S/C16H16F3NO5/c17-16(18,19)25-12-3-1-10(2-4-12)13(21)20-7-11-5-6-24-9-15(11,8-20)14(22)23/h1-4,11H,5-9H2,(H,22,23)/t11-,15+/m0/s1. The molecule has 6 nitrogen and oxygen atoms in total. The normalized spacial score (nSPS) is 26.2. The molecule has 136 valence electrons. The van der Waals surface area contributed by atoms with Crippen molar-refractivity contribution in [2.75, 3.05) is 26.3 Å². The van der Waals surface area contributed by atoms with Crippen molar-refractivity contribution in [2.24, 2.45) is 11.3 Å². The van der Waals surface area contributed by atoms with Gasteiger partial charge in [0.2, 0.25) is 0 Å². The predicted octanol–water partition coefficient (Wildman–Crippen LogP) is 2.15. The van der Waals surface area contributed by atoms with Crippen molar-refractivity contribution in [3.63, 3.8) is 0 Å². The molecule has 2 aliphatic rings. The molecular formula is C16H16F3NO5. The number of carbonyl (C=O) groups is 2. The van der Waals surface area contributed by atoms with Gasteiger partial charge in [-0.1, -0.05) is 0 Å². The van der Waals surface area contributed by atoms with Crippen LogP contribution in [0.25, 0.3) is 0 Å². The number of ether oxygens (including phenoxy) is 2. The van der Waals surface area contributed by atoms with Crippen LogP contribution < -0.4 is 4.74 Å². The zero-order valence-electron chi connectivity index (χ0n) is 13.1. The Morgan fingerprint density at radius 2 is 1.96 bits per heavy atom. The molecule has 0 aromatic heterocycles. The van der Waals surface area contributed by atoms with Crippen LogP contribution in [0.1, 0.15) is 16.8 Å². The molecule has 0 saturated carbocycles. The van der Waals surface area contributed by atoms with E-state index in [1.165, 1.54) is 17.0 Å². The number of carboxylic acid groups (broad SMARTS) is 1. The van der Waals surface area contributed by atoms with E-state index in [1.54, 1.807) is 0 Å². The van der Waals surface area contributed by atoms with E-state index >= 15 is 0 Å². The Morgan fingerprint density at radius 3 is 2.52 bits per heavy atom. The Morgan fingerprint density at radius 1 is 1.28 bits per heavy atom. The van der Waals surface area contributed by atoms with E-state index in [4.69, 9.17) is 4.74 Å². The molecule has 2 aliphatic heterocycles. The summed E-state index contributed by atoms with van der Waals surface area (Å²) in [5.74, 6) is -2.04. The highest BCUT2D eigenvalue weighted by Gasteiger charge is 2.55. The molecule has 2 fully saturated rings. The Kier molecular flexibility index (Phi) is 4.36. The summed E-state index contributed by atoms with van der Waals surface area (Å²) >= 11 is 0. The molecule has 25 heavy (non-hydrogen) atoms. The summed E-state index contributed by atoms with van der Waals surface area (Å²) in [7, 11) is 0. The van der Waals surface area contributed by atoms with E-state index in [0.29, 0.717) is 13.0 Å². The van der Waals surface area contributed by atoms with Crippen molar-refractivity contribution < 1.29 is 37.3 Å². The fourth-order valence-electron chi connectivity index (χ4n) is 3.43. The zero-order valence-corrected chi connectivity index (χ0v) is 13.1. The minimum Gasteiger partial charge on any atom is -0.481 e. The molecule has 1 aromatic carbocycles. The average molecular weight is 359 g/mol. The Bertz CT molecular complexity index is 675. The number of likely N-dealkylation sites (tertiary alicyclic amines) is 1. The number of fused-ring (bicyclic) bond motifs is 1. The molecule has 1 amide bonds. The molecule has 0 aliphatic carbocycles. The number of benzene rings is 1. The molecule has 0 spiro atoms. The largest absolute Gasteiger partial charge is 0.573 e. The van der Waals surface area contributed by atoms with Crippen LogP contribution in [0.3, 0.4) is 0 Å². The van der Waals surface area contributed by atoms with E-state index in [-0.39, 0.29) is 31.2 Å². The number of aliphatic carboxylic acids is 1. The van der Waals surface area contributed by atoms with Crippen molar-refractivity contribution in [3.05, 3.63) is 29.8 Å². The van der Waals surface area contributed by atoms with E-state index in [9.17, 15) is 27.9 Å². The lowest BCUT2D eigenvalue weighted by Gasteiger charge is -2.33. The number of halogens is 3. The summed E-state index contributed by atoms with van der Waals surface area (Å²) in [4.78, 5) is 25.7. The summed E-state index contributed by atoms with van der Waals surface area (Å²) in [6.07, 6.45) is -4.25. The predicted molar refractivity (Wildman–Crippen MR) is 78.0 cm³/mol. The SMILES string of the molecule is O=C(c1ccc(OC(F)(F)F)cc1)N1C[C@@H]2CCOC[C@]2(C(=O)O)C1. The molecule has 3 rings (SSSR count). The van der Waals surface area contributed by atoms with Gasteiger partial charge < -0.3 is 19.5 Å². The van der Waals surface area contributed by atoms with Gasteiger partial charge >= 0.3 is 12.3 Å². The van der Waals surface area contributed by atoms with Crippen LogP contribution in [0.4, 0.5) is 13.2 Å². The van der Waals surface area contributed by atoms with Crippen LogP contribution in [0, 0.1) is 11.3 Å². The van der Waals surface area contributed by atoms with Crippen LogP contribution in [0.5, 0.6) is 5.75 Å². The fraction of sp³-hybridized carbons (Fsp3) is 0.500. The maximum absolute atomic E-state index is 12.6. The van der Waals surface area contributed by atoms with Gasteiger partial charge in [0.25, 0.3) is 5.91 Å². The Hall–Kier alpha value is -2.29. The quantitative estimate of drug-likeness (QED) is 0.895. The number of rotatable bonds is 3. The lowest BCUT2D eigenvalue weighted by Crippen LogP contribution is -2.46. The van der Waals surface area contributed by atoms with Gasteiger partial charge in [0.1, 0.15) is 11.2 Å². The van der Waals surface area contributed by atoms with Gasteiger partial charge in [0, 0.05) is 25.3 Å². The summed E-state index contributed by atoms with van der Waals surface area (Å²) < 4.78 is 45.6. The summed E-state index contributed by atoms with van der Waals surface area (Å²) in [6.45, 7) is 0.808.